The molecule has 2 rings (SSSR count). The van der Waals surface area contributed by atoms with Crippen molar-refractivity contribution in [2.45, 2.75) is 19.1 Å². The van der Waals surface area contributed by atoms with Gasteiger partial charge in [-0.15, -0.1) is 0 Å². The maximum atomic E-state index is 13.7. The van der Waals surface area contributed by atoms with Gasteiger partial charge >= 0.3 is 0 Å². The summed E-state index contributed by atoms with van der Waals surface area (Å²) < 4.78 is 25.6. The molecule has 0 radical (unpaired) electrons. The molecule has 82 valence electrons. The average Bonchev–Trinajstić information content (AvgIpc) is 2.71. The van der Waals surface area contributed by atoms with E-state index >= 15 is 0 Å². The molecule has 1 aromatic rings. The molecule has 0 spiro atoms. The van der Waals surface area contributed by atoms with E-state index in [0.717, 1.165) is 4.47 Å². The highest BCUT2D eigenvalue weighted by molar-refractivity contribution is 9.10. The SMILES string of the molecule is CCC1(c2cc(Br)ccc2F)OCCO1. The van der Waals surface area contributed by atoms with Crippen molar-refractivity contribution in [2.24, 2.45) is 0 Å². The van der Waals surface area contributed by atoms with E-state index in [1.165, 1.54) is 6.07 Å². The van der Waals surface area contributed by atoms with Gasteiger partial charge in [-0.05, 0) is 18.2 Å². The van der Waals surface area contributed by atoms with Crippen molar-refractivity contribution in [3.63, 3.8) is 0 Å². The molecule has 2 nitrogen and oxygen atoms in total. The normalized spacial score (nSPS) is 19.4. The van der Waals surface area contributed by atoms with Gasteiger partial charge in [0.2, 0.25) is 0 Å². The highest BCUT2D eigenvalue weighted by atomic mass is 79.9. The Bertz CT molecular complexity index is 362. The van der Waals surface area contributed by atoms with Crippen LogP contribution < -0.4 is 0 Å². The molecule has 0 unspecified atom stereocenters. The predicted octanol–water partition coefficient (Wildman–Crippen LogP) is 3.20. The first kappa shape index (κ1) is 11.0. The number of ether oxygens (including phenoxy) is 2. The fraction of sp³-hybridized carbons (Fsp3) is 0.455. The molecule has 0 saturated carbocycles. The van der Waals surface area contributed by atoms with Crippen LogP contribution in [-0.2, 0) is 15.3 Å². The molecule has 1 heterocycles. The molecule has 0 aliphatic carbocycles. The number of rotatable bonds is 2. The van der Waals surface area contributed by atoms with E-state index in [9.17, 15) is 4.39 Å². The first-order chi connectivity index (χ1) is 7.18. The van der Waals surface area contributed by atoms with Gasteiger partial charge in [0.05, 0.1) is 13.2 Å². The van der Waals surface area contributed by atoms with Crippen molar-refractivity contribution in [1.82, 2.24) is 0 Å². The lowest BCUT2D eigenvalue weighted by Crippen LogP contribution is -2.27. The highest BCUT2D eigenvalue weighted by Crippen LogP contribution is 2.37. The first-order valence-corrected chi connectivity index (χ1v) is 5.71. The van der Waals surface area contributed by atoms with E-state index in [-0.39, 0.29) is 5.82 Å². The minimum Gasteiger partial charge on any atom is -0.343 e. The van der Waals surface area contributed by atoms with Gasteiger partial charge in [0.15, 0.2) is 5.79 Å². The lowest BCUT2D eigenvalue weighted by atomic mass is 10.0. The third-order valence-electron chi connectivity index (χ3n) is 2.56. The van der Waals surface area contributed by atoms with Crippen molar-refractivity contribution in [3.05, 3.63) is 34.1 Å². The van der Waals surface area contributed by atoms with Crippen molar-refractivity contribution in [1.29, 1.82) is 0 Å². The minimum atomic E-state index is -0.895. The molecule has 1 aromatic carbocycles. The van der Waals surface area contributed by atoms with Crippen LogP contribution in [0.3, 0.4) is 0 Å². The van der Waals surface area contributed by atoms with E-state index < -0.39 is 5.79 Å². The minimum absolute atomic E-state index is 0.290. The van der Waals surface area contributed by atoms with Crippen LogP contribution in [0.2, 0.25) is 0 Å². The number of hydrogen-bond acceptors (Lipinski definition) is 2. The van der Waals surface area contributed by atoms with Gasteiger partial charge in [0.1, 0.15) is 5.82 Å². The first-order valence-electron chi connectivity index (χ1n) is 4.91. The summed E-state index contributed by atoms with van der Waals surface area (Å²) in [6.45, 7) is 2.95. The van der Waals surface area contributed by atoms with Gasteiger partial charge in [-0.25, -0.2) is 4.39 Å². The molecule has 0 N–H and O–H groups in total. The fourth-order valence-electron chi connectivity index (χ4n) is 1.79. The van der Waals surface area contributed by atoms with Crippen LogP contribution in [-0.4, -0.2) is 13.2 Å². The van der Waals surface area contributed by atoms with Crippen molar-refractivity contribution < 1.29 is 13.9 Å². The maximum absolute atomic E-state index is 13.7. The molecule has 1 aliphatic rings. The van der Waals surface area contributed by atoms with Crippen LogP contribution in [0.15, 0.2) is 22.7 Å². The van der Waals surface area contributed by atoms with Gasteiger partial charge < -0.3 is 9.47 Å². The van der Waals surface area contributed by atoms with E-state index in [4.69, 9.17) is 9.47 Å². The summed E-state index contributed by atoms with van der Waals surface area (Å²) in [6.07, 6.45) is 0.598. The monoisotopic (exact) mass is 274 g/mol. The second-order valence-corrected chi connectivity index (χ2v) is 4.34. The highest BCUT2D eigenvalue weighted by Gasteiger charge is 2.39. The number of hydrogen-bond donors (Lipinski definition) is 0. The Labute approximate surface area is 96.5 Å². The van der Waals surface area contributed by atoms with E-state index in [2.05, 4.69) is 15.9 Å². The molecule has 1 fully saturated rings. The Balaban J connectivity index is 2.46. The summed E-state index contributed by atoms with van der Waals surface area (Å²) in [4.78, 5) is 0. The smallest absolute Gasteiger partial charge is 0.197 e. The molecule has 1 saturated heterocycles. The van der Waals surface area contributed by atoms with Gasteiger partial charge in [-0.1, -0.05) is 22.9 Å². The van der Waals surface area contributed by atoms with Crippen LogP contribution in [0.4, 0.5) is 4.39 Å². The largest absolute Gasteiger partial charge is 0.343 e. The predicted molar refractivity (Wildman–Crippen MR) is 58.0 cm³/mol. The zero-order valence-electron chi connectivity index (χ0n) is 8.43. The molecule has 0 bridgehead atoms. The Morgan fingerprint density at radius 1 is 1.40 bits per heavy atom. The Morgan fingerprint density at radius 2 is 2.07 bits per heavy atom. The lowest BCUT2D eigenvalue weighted by molar-refractivity contribution is -0.169. The van der Waals surface area contributed by atoms with Crippen LogP contribution in [0.1, 0.15) is 18.9 Å². The zero-order valence-corrected chi connectivity index (χ0v) is 10.0. The van der Waals surface area contributed by atoms with Crippen LogP contribution in [0, 0.1) is 5.82 Å². The zero-order chi connectivity index (χ0) is 10.9. The molecule has 15 heavy (non-hydrogen) atoms. The Kier molecular flexibility index (Phi) is 3.09. The molecule has 0 atom stereocenters. The number of benzene rings is 1. The summed E-state index contributed by atoms with van der Waals surface area (Å²) in [7, 11) is 0. The summed E-state index contributed by atoms with van der Waals surface area (Å²) >= 11 is 3.32. The van der Waals surface area contributed by atoms with E-state index in [1.807, 2.05) is 6.92 Å². The van der Waals surface area contributed by atoms with Crippen molar-refractivity contribution in [3.8, 4) is 0 Å². The third kappa shape index (κ3) is 1.94. The lowest BCUT2D eigenvalue weighted by Gasteiger charge is -2.26. The fourth-order valence-corrected chi connectivity index (χ4v) is 2.16. The Morgan fingerprint density at radius 3 is 2.67 bits per heavy atom. The van der Waals surface area contributed by atoms with Gasteiger partial charge in [0, 0.05) is 16.5 Å². The Hall–Kier alpha value is -0.450. The topological polar surface area (TPSA) is 18.5 Å². The van der Waals surface area contributed by atoms with Gasteiger partial charge in [-0.3, -0.25) is 0 Å². The van der Waals surface area contributed by atoms with E-state index in [0.29, 0.717) is 25.2 Å². The summed E-state index contributed by atoms with van der Waals surface area (Å²) in [5.41, 5.74) is 0.469. The van der Waals surface area contributed by atoms with Gasteiger partial charge in [0.25, 0.3) is 0 Å². The van der Waals surface area contributed by atoms with E-state index in [1.54, 1.807) is 12.1 Å². The maximum Gasteiger partial charge on any atom is 0.197 e. The van der Waals surface area contributed by atoms with Crippen LogP contribution in [0.5, 0.6) is 0 Å². The van der Waals surface area contributed by atoms with Crippen molar-refractivity contribution in [2.75, 3.05) is 13.2 Å². The second-order valence-electron chi connectivity index (χ2n) is 3.43. The number of halogens is 2. The second kappa shape index (κ2) is 4.20. The van der Waals surface area contributed by atoms with Crippen molar-refractivity contribution >= 4 is 15.9 Å². The summed E-state index contributed by atoms with van der Waals surface area (Å²) in [6, 6.07) is 4.79. The quantitative estimate of drug-likeness (QED) is 0.825. The molecule has 0 aromatic heterocycles. The summed E-state index contributed by atoms with van der Waals surface area (Å²) in [5, 5.41) is 0. The van der Waals surface area contributed by atoms with Crippen LogP contribution in [0.25, 0.3) is 0 Å². The average molecular weight is 275 g/mol. The molecular formula is C11H12BrFO2. The van der Waals surface area contributed by atoms with Crippen LogP contribution >= 0.6 is 15.9 Å². The van der Waals surface area contributed by atoms with Gasteiger partial charge in [-0.2, -0.15) is 0 Å². The standard InChI is InChI=1S/C11H12BrFO2/c1-2-11(14-5-6-15-11)9-7-8(12)3-4-10(9)13/h3-4,7H,2,5-6H2,1H3. The molecule has 4 heteroatoms. The molecule has 1 aliphatic heterocycles. The molecular weight excluding hydrogens is 263 g/mol. The summed E-state index contributed by atoms with van der Waals surface area (Å²) in [5.74, 6) is -1.18. The third-order valence-corrected chi connectivity index (χ3v) is 3.05. The molecule has 0 amide bonds.